The quantitative estimate of drug-likeness (QED) is 0.395. The largest absolute Gasteiger partial charge is 0.383 e. The number of hydrogen-bond donors (Lipinski definition) is 2. The zero-order chi connectivity index (χ0) is 16.9. The standard InChI is InChI=1S/C18H32N4O/c1-5-7-13-22(3)18(19-6-2)21-15-16-8-10-17(11-9-16)20-12-14-23-4/h8-11,20H,5-7,12-15H2,1-4H3,(H,19,21). The molecule has 1 rings (SSSR count). The Labute approximate surface area is 141 Å². The van der Waals surface area contributed by atoms with Gasteiger partial charge >= 0.3 is 0 Å². The molecular weight excluding hydrogens is 288 g/mol. The Morgan fingerprint density at radius 2 is 1.96 bits per heavy atom. The SMILES string of the molecule is CCCCN(C)C(=NCc1ccc(NCCOC)cc1)NCC. The normalized spacial score (nSPS) is 11.4. The summed E-state index contributed by atoms with van der Waals surface area (Å²) in [5.74, 6) is 0.975. The summed E-state index contributed by atoms with van der Waals surface area (Å²) < 4.78 is 5.03. The second kappa shape index (κ2) is 11.8. The summed E-state index contributed by atoms with van der Waals surface area (Å²) in [5, 5.41) is 6.67. The Morgan fingerprint density at radius 3 is 2.57 bits per heavy atom. The Kier molecular flexibility index (Phi) is 9.87. The molecule has 0 amide bonds. The number of anilines is 1. The van der Waals surface area contributed by atoms with Crippen LogP contribution in [0.4, 0.5) is 5.69 Å². The first-order valence-corrected chi connectivity index (χ1v) is 8.52. The molecule has 0 aromatic heterocycles. The van der Waals surface area contributed by atoms with Gasteiger partial charge in [-0.2, -0.15) is 0 Å². The molecule has 130 valence electrons. The lowest BCUT2D eigenvalue weighted by atomic mass is 10.2. The molecule has 0 spiro atoms. The van der Waals surface area contributed by atoms with Crippen molar-refractivity contribution < 1.29 is 4.74 Å². The lowest BCUT2D eigenvalue weighted by molar-refractivity contribution is 0.211. The van der Waals surface area contributed by atoms with Crippen molar-refractivity contribution in [2.75, 3.05) is 45.7 Å². The fourth-order valence-electron chi connectivity index (χ4n) is 2.16. The minimum absolute atomic E-state index is 0.692. The van der Waals surface area contributed by atoms with E-state index in [9.17, 15) is 0 Å². The Morgan fingerprint density at radius 1 is 1.22 bits per heavy atom. The number of unbranched alkanes of at least 4 members (excludes halogenated alkanes) is 1. The first kappa shape index (κ1) is 19.3. The predicted octanol–water partition coefficient (Wildman–Crippen LogP) is 2.94. The summed E-state index contributed by atoms with van der Waals surface area (Å²) in [4.78, 5) is 6.93. The van der Waals surface area contributed by atoms with Crippen molar-refractivity contribution in [2.45, 2.75) is 33.2 Å². The highest BCUT2D eigenvalue weighted by Gasteiger charge is 2.04. The number of ether oxygens (including phenoxy) is 1. The fourth-order valence-corrected chi connectivity index (χ4v) is 2.16. The van der Waals surface area contributed by atoms with E-state index >= 15 is 0 Å². The summed E-state index contributed by atoms with van der Waals surface area (Å²) >= 11 is 0. The van der Waals surface area contributed by atoms with Gasteiger partial charge in [0.05, 0.1) is 13.2 Å². The van der Waals surface area contributed by atoms with Gasteiger partial charge in [-0.3, -0.25) is 0 Å². The number of benzene rings is 1. The molecule has 5 heteroatoms. The van der Waals surface area contributed by atoms with Gasteiger partial charge in [-0.05, 0) is 31.0 Å². The fraction of sp³-hybridized carbons (Fsp3) is 0.611. The highest BCUT2D eigenvalue weighted by atomic mass is 16.5. The van der Waals surface area contributed by atoms with Crippen molar-refractivity contribution in [1.82, 2.24) is 10.2 Å². The van der Waals surface area contributed by atoms with Crippen LogP contribution in [-0.4, -0.2) is 51.3 Å². The molecule has 0 aliphatic rings. The molecule has 0 heterocycles. The van der Waals surface area contributed by atoms with Crippen molar-refractivity contribution in [3.8, 4) is 0 Å². The van der Waals surface area contributed by atoms with E-state index in [-0.39, 0.29) is 0 Å². The van der Waals surface area contributed by atoms with Crippen LogP contribution in [0.15, 0.2) is 29.3 Å². The van der Waals surface area contributed by atoms with Gasteiger partial charge < -0.3 is 20.3 Å². The van der Waals surface area contributed by atoms with Crippen LogP contribution in [-0.2, 0) is 11.3 Å². The summed E-state index contributed by atoms with van der Waals surface area (Å²) in [6.07, 6.45) is 2.38. The van der Waals surface area contributed by atoms with Gasteiger partial charge in [0.25, 0.3) is 0 Å². The lowest BCUT2D eigenvalue weighted by Gasteiger charge is -2.21. The van der Waals surface area contributed by atoms with Crippen LogP contribution in [0.5, 0.6) is 0 Å². The first-order valence-electron chi connectivity index (χ1n) is 8.52. The predicted molar refractivity (Wildman–Crippen MR) is 99.2 cm³/mol. The molecule has 0 saturated carbocycles. The molecule has 2 N–H and O–H groups in total. The van der Waals surface area contributed by atoms with Crippen molar-refractivity contribution in [1.29, 1.82) is 0 Å². The molecule has 0 unspecified atom stereocenters. The van der Waals surface area contributed by atoms with Crippen LogP contribution in [0.1, 0.15) is 32.3 Å². The maximum absolute atomic E-state index is 5.03. The topological polar surface area (TPSA) is 48.9 Å². The van der Waals surface area contributed by atoms with Gasteiger partial charge in [-0.1, -0.05) is 25.5 Å². The Bertz CT molecular complexity index is 445. The summed E-state index contributed by atoms with van der Waals surface area (Å²) in [6, 6.07) is 8.42. The molecule has 1 aromatic carbocycles. The van der Waals surface area contributed by atoms with E-state index in [0.29, 0.717) is 13.2 Å². The number of aliphatic imine (C=N–C) groups is 1. The van der Waals surface area contributed by atoms with Gasteiger partial charge in [0.2, 0.25) is 0 Å². The minimum Gasteiger partial charge on any atom is -0.383 e. The summed E-state index contributed by atoms with van der Waals surface area (Å²) in [7, 11) is 3.81. The second-order valence-electron chi connectivity index (χ2n) is 5.56. The van der Waals surface area contributed by atoms with Gasteiger partial charge in [0.15, 0.2) is 5.96 Å². The van der Waals surface area contributed by atoms with Gasteiger partial charge in [0, 0.05) is 39.5 Å². The molecular formula is C18H32N4O. The summed E-state index contributed by atoms with van der Waals surface area (Å²) in [6.45, 7) is 8.45. The number of hydrogen-bond acceptors (Lipinski definition) is 3. The molecule has 0 fully saturated rings. The molecule has 1 aromatic rings. The maximum atomic E-state index is 5.03. The number of guanidine groups is 1. The van der Waals surface area contributed by atoms with Crippen molar-refractivity contribution in [3.05, 3.63) is 29.8 Å². The molecule has 0 bridgehead atoms. The minimum atomic E-state index is 0.692. The first-order chi connectivity index (χ1) is 11.2. The molecule has 0 atom stereocenters. The van der Waals surface area contributed by atoms with Crippen LogP contribution in [0.3, 0.4) is 0 Å². The third kappa shape index (κ3) is 7.88. The molecule has 0 saturated heterocycles. The average Bonchev–Trinajstić information content (AvgIpc) is 2.58. The number of methoxy groups -OCH3 is 1. The van der Waals surface area contributed by atoms with E-state index in [1.807, 2.05) is 0 Å². The van der Waals surface area contributed by atoms with E-state index in [2.05, 4.69) is 60.7 Å². The van der Waals surface area contributed by atoms with Gasteiger partial charge in [0.1, 0.15) is 0 Å². The van der Waals surface area contributed by atoms with E-state index in [1.54, 1.807) is 7.11 Å². The highest BCUT2D eigenvalue weighted by molar-refractivity contribution is 5.79. The number of nitrogens with zero attached hydrogens (tertiary/aromatic N) is 2. The second-order valence-corrected chi connectivity index (χ2v) is 5.56. The molecule has 23 heavy (non-hydrogen) atoms. The van der Waals surface area contributed by atoms with Crippen molar-refractivity contribution in [2.24, 2.45) is 4.99 Å². The lowest BCUT2D eigenvalue weighted by Crippen LogP contribution is -2.39. The molecule has 0 radical (unpaired) electrons. The van der Waals surface area contributed by atoms with Crippen LogP contribution >= 0.6 is 0 Å². The van der Waals surface area contributed by atoms with Crippen LogP contribution < -0.4 is 10.6 Å². The molecule has 0 aliphatic heterocycles. The van der Waals surface area contributed by atoms with E-state index in [1.165, 1.54) is 18.4 Å². The monoisotopic (exact) mass is 320 g/mol. The van der Waals surface area contributed by atoms with Crippen molar-refractivity contribution >= 4 is 11.6 Å². The third-order valence-corrected chi connectivity index (χ3v) is 3.54. The Hall–Kier alpha value is -1.75. The van der Waals surface area contributed by atoms with Crippen molar-refractivity contribution in [3.63, 3.8) is 0 Å². The highest BCUT2D eigenvalue weighted by Crippen LogP contribution is 2.10. The van der Waals surface area contributed by atoms with Crippen LogP contribution in [0.25, 0.3) is 0 Å². The number of rotatable bonds is 10. The Balaban J connectivity index is 2.57. The van der Waals surface area contributed by atoms with Gasteiger partial charge in [-0.15, -0.1) is 0 Å². The maximum Gasteiger partial charge on any atom is 0.193 e. The van der Waals surface area contributed by atoms with E-state index < -0.39 is 0 Å². The molecule has 5 nitrogen and oxygen atoms in total. The smallest absolute Gasteiger partial charge is 0.193 e. The average molecular weight is 320 g/mol. The van der Waals surface area contributed by atoms with E-state index in [0.717, 1.165) is 31.3 Å². The van der Waals surface area contributed by atoms with Gasteiger partial charge in [-0.25, -0.2) is 4.99 Å². The third-order valence-electron chi connectivity index (χ3n) is 3.54. The van der Waals surface area contributed by atoms with Crippen LogP contribution in [0.2, 0.25) is 0 Å². The molecule has 0 aliphatic carbocycles. The number of nitrogens with one attached hydrogen (secondary N) is 2. The zero-order valence-corrected chi connectivity index (χ0v) is 15.1. The van der Waals surface area contributed by atoms with E-state index in [4.69, 9.17) is 9.73 Å². The van der Waals surface area contributed by atoms with Crippen LogP contribution in [0, 0.1) is 0 Å². The zero-order valence-electron chi connectivity index (χ0n) is 15.1. The summed E-state index contributed by atoms with van der Waals surface area (Å²) in [5.41, 5.74) is 2.32.